The Morgan fingerprint density at radius 2 is 2.00 bits per heavy atom. The van der Waals surface area contributed by atoms with Crippen LogP contribution in [0.2, 0.25) is 0 Å². The van der Waals surface area contributed by atoms with E-state index in [1.165, 1.54) is 11.4 Å². The average Bonchev–Trinajstić information content (AvgIpc) is 2.37. The summed E-state index contributed by atoms with van der Waals surface area (Å²) in [6.45, 7) is 4.69. The molecule has 0 saturated carbocycles. The van der Waals surface area contributed by atoms with Gasteiger partial charge < -0.3 is 10.5 Å². The van der Waals surface area contributed by atoms with Gasteiger partial charge >= 0.3 is 0 Å². The summed E-state index contributed by atoms with van der Waals surface area (Å²) in [4.78, 5) is 0.168. The molecule has 0 aliphatic rings. The third-order valence-electron chi connectivity index (χ3n) is 2.77. The number of hydrogen-bond acceptors (Lipinski definition) is 4. The van der Waals surface area contributed by atoms with Crippen molar-refractivity contribution in [3.63, 3.8) is 0 Å². The summed E-state index contributed by atoms with van der Waals surface area (Å²) in [5, 5.41) is 0. The van der Waals surface area contributed by atoms with Crippen LogP contribution in [0.5, 0.6) is 5.75 Å². The molecule has 19 heavy (non-hydrogen) atoms. The minimum Gasteiger partial charge on any atom is -0.495 e. The highest BCUT2D eigenvalue weighted by atomic mass is 32.2. The van der Waals surface area contributed by atoms with E-state index in [2.05, 4.69) is 0 Å². The van der Waals surface area contributed by atoms with Crippen LogP contribution < -0.4 is 10.5 Å². The van der Waals surface area contributed by atoms with Crippen molar-refractivity contribution in [3.05, 3.63) is 23.8 Å². The minimum absolute atomic E-state index is 0.168. The molecule has 0 unspecified atom stereocenters. The van der Waals surface area contributed by atoms with E-state index < -0.39 is 10.0 Å². The Balaban J connectivity index is 3.26. The Morgan fingerprint density at radius 3 is 2.47 bits per heavy atom. The van der Waals surface area contributed by atoms with Crippen molar-refractivity contribution < 1.29 is 13.2 Å². The molecular weight excluding hydrogens is 264 g/mol. The average molecular weight is 286 g/mol. The Kier molecular flexibility index (Phi) is 5.34. The minimum atomic E-state index is -3.56. The Labute approximate surface area is 115 Å². The van der Waals surface area contributed by atoms with Crippen LogP contribution >= 0.6 is 0 Å². The SMILES string of the molecule is COc1ccc(CN)cc1S(=O)(=O)N(C)CC(C)C. The van der Waals surface area contributed by atoms with Gasteiger partial charge in [-0.3, -0.25) is 0 Å². The van der Waals surface area contributed by atoms with Gasteiger partial charge in [0.05, 0.1) is 7.11 Å². The third kappa shape index (κ3) is 3.68. The van der Waals surface area contributed by atoms with Crippen LogP contribution in [0.15, 0.2) is 23.1 Å². The van der Waals surface area contributed by atoms with Crippen molar-refractivity contribution in [1.29, 1.82) is 0 Å². The van der Waals surface area contributed by atoms with Crippen LogP contribution in [0, 0.1) is 5.92 Å². The van der Waals surface area contributed by atoms with E-state index in [0.717, 1.165) is 5.56 Å². The van der Waals surface area contributed by atoms with Crippen molar-refractivity contribution in [2.45, 2.75) is 25.3 Å². The van der Waals surface area contributed by atoms with E-state index in [4.69, 9.17) is 10.5 Å². The van der Waals surface area contributed by atoms with Crippen LogP contribution in [0.3, 0.4) is 0 Å². The van der Waals surface area contributed by atoms with E-state index in [1.807, 2.05) is 13.8 Å². The molecule has 0 fully saturated rings. The van der Waals surface area contributed by atoms with Crippen molar-refractivity contribution in [1.82, 2.24) is 4.31 Å². The zero-order valence-corrected chi connectivity index (χ0v) is 12.7. The normalized spacial score (nSPS) is 12.2. The monoisotopic (exact) mass is 286 g/mol. The molecule has 0 saturated heterocycles. The van der Waals surface area contributed by atoms with E-state index in [9.17, 15) is 8.42 Å². The van der Waals surface area contributed by atoms with Gasteiger partial charge in [0.15, 0.2) is 0 Å². The maximum absolute atomic E-state index is 12.5. The molecule has 2 N–H and O–H groups in total. The first-order chi connectivity index (χ1) is 8.82. The molecule has 6 heteroatoms. The molecule has 0 aromatic heterocycles. The van der Waals surface area contributed by atoms with Gasteiger partial charge in [-0.2, -0.15) is 0 Å². The zero-order chi connectivity index (χ0) is 14.6. The number of nitrogens with two attached hydrogens (primary N) is 1. The molecule has 0 heterocycles. The van der Waals surface area contributed by atoms with Gasteiger partial charge in [0, 0.05) is 20.1 Å². The molecule has 0 radical (unpaired) electrons. The first kappa shape index (κ1) is 15.9. The lowest BCUT2D eigenvalue weighted by Crippen LogP contribution is -2.30. The largest absolute Gasteiger partial charge is 0.495 e. The molecule has 0 aliphatic heterocycles. The second-order valence-corrected chi connectivity index (χ2v) is 6.88. The third-order valence-corrected chi connectivity index (χ3v) is 4.62. The molecule has 0 atom stereocenters. The highest BCUT2D eigenvalue weighted by molar-refractivity contribution is 7.89. The van der Waals surface area contributed by atoms with Gasteiger partial charge in [0.25, 0.3) is 0 Å². The summed E-state index contributed by atoms with van der Waals surface area (Å²) in [7, 11) is -0.526. The van der Waals surface area contributed by atoms with E-state index in [0.29, 0.717) is 18.8 Å². The molecule has 108 valence electrons. The lowest BCUT2D eigenvalue weighted by molar-refractivity contribution is 0.391. The molecular formula is C13H22N2O3S. The summed E-state index contributed by atoms with van der Waals surface area (Å²) >= 11 is 0. The number of benzene rings is 1. The van der Waals surface area contributed by atoms with Crippen LogP contribution in [-0.2, 0) is 16.6 Å². The summed E-state index contributed by atoms with van der Waals surface area (Å²) in [6.07, 6.45) is 0. The van der Waals surface area contributed by atoms with Crippen LogP contribution in [0.25, 0.3) is 0 Å². The molecule has 0 amide bonds. The molecule has 0 spiro atoms. The smallest absolute Gasteiger partial charge is 0.246 e. The fraction of sp³-hybridized carbons (Fsp3) is 0.538. The van der Waals surface area contributed by atoms with Crippen molar-refractivity contribution >= 4 is 10.0 Å². The predicted octanol–water partition coefficient (Wildman–Crippen LogP) is 1.43. The second kappa shape index (κ2) is 6.36. The van der Waals surface area contributed by atoms with Gasteiger partial charge in [-0.05, 0) is 23.6 Å². The van der Waals surface area contributed by atoms with E-state index in [1.54, 1.807) is 25.2 Å². The predicted molar refractivity (Wildman–Crippen MR) is 75.5 cm³/mol. The Bertz CT molecular complexity index is 527. The summed E-state index contributed by atoms with van der Waals surface area (Å²) in [6, 6.07) is 4.98. The molecule has 1 aromatic carbocycles. The van der Waals surface area contributed by atoms with Gasteiger partial charge in [0.2, 0.25) is 10.0 Å². The lowest BCUT2D eigenvalue weighted by Gasteiger charge is -2.21. The maximum Gasteiger partial charge on any atom is 0.246 e. The molecule has 1 rings (SSSR count). The molecule has 0 bridgehead atoms. The summed E-state index contributed by atoms with van der Waals surface area (Å²) < 4.78 is 31.5. The first-order valence-corrected chi connectivity index (χ1v) is 7.60. The first-order valence-electron chi connectivity index (χ1n) is 6.16. The molecule has 0 aliphatic carbocycles. The summed E-state index contributed by atoms with van der Waals surface area (Å²) in [5.74, 6) is 0.594. The van der Waals surface area contributed by atoms with Gasteiger partial charge in [-0.1, -0.05) is 19.9 Å². The van der Waals surface area contributed by atoms with Gasteiger partial charge in [-0.15, -0.1) is 0 Å². The number of rotatable bonds is 6. The fourth-order valence-corrected chi connectivity index (χ4v) is 3.37. The maximum atomic E-state index is 12.5. The van der Waals surface area contributed by atoms with Crippen molar-refractivity contribution in [2.75, 3.05) is 20.7 Å². The quantitative estimate of drug-likeness (QED) is 0.858. The number of nitrogens with zero attached hydrogens (tertiary/aromatic N) is 1. The van der Waals surface area contributed by atoms with Crippen LogP contribution in [-0.4, -0.2) is 33.4 Å². The fourth-order valence-electron chi connectivity index (χ4n) is 1.83. The Hall–Kier alpha value is -1.11. The summed E-state index contributed by atoms with van der Waals surface area (Å²) in [5.41, 5.74) is 6.32. The highest BCUT2D eigenvalue weighted by Gasteiger charge is 2.25. The second-order valence-electron chi connectivity index (χ2n) is 4.87. The van der Waals surface area contributed by atoms with Crippen molar-refractivity contribution in [3.8, 4) is 5.75 Å². The standard InChI is InChI=1S/C13H22N2O3S/c1-10(2)9-15(3)19(16,17)13-7-11(8-14)5-6-12(13)18-4/h5-7,10H,8-9,14H2,1-4H3. The van der Waals surface area contributed by atoms with E-state index in [-0.39, 0.29) is 10.8 Å². The molecule has 5 nitrogen and oxygen atoms in total. The highest BCUT2D eigenvalue weighted by Crippen LogP contribution is 2.27. The van der Waals surface area contributed by atoms with Crippen LogP contribution in [0.1, 0.15) is 19.4 Å². The van der Waals surface area contributed by atoms with Crippen molar-refractivity contribution in [2.24, 2.45) is 11.7 Å². The lowest BCUT2D eigenvalue weighted by atomic mass is 10.2. The topological polar surface area (TPSA) is 72.6 Å². The van der Waals surface area contributed by atoms with Crippen LogP contribution in [0.4, 0.5) is 0 Å². The van der Waals surface area contributed by atoms with E-state index >= 15 is 0 Å². The molecule has 1 aromatic rings. The Morgan fingerprint density at radius 1 is 1.37 bits per heavy atom. The number of sulfonamides is 1. The zero-order valence-electron chi connectivity index (χ0n) is 11.9. The number of hydrogen-bond donors (Lipinski definition) is 1. The van der Waals surface area contributed by atoms with Gasteiger partial charge in [0.1, 0.15) is 10.6 Å². The van der Waals surface area contributed by atoms with Gasteiger partial charge in [-0.25, -0.2) is 12.7 Å². The number of ether oxygens (including phenoxy) is 1. The number of methoxy groups -OCH3 is 1.